The predicted molar refractivity (Wildman–Crippen MR) is 112 cm³/mol. The van der Waals surface area contributed by atoms with Crippen molar-refractivity contribution in [1.29, 1.82) is 5.26 Å². The van der Waals surface area contributed by atoms with Crippen LogP contribution in [0.3, 0.4) is 0 Å². The molecule has 1 aromatic carbocycles. The molecule has 28 heavy (non-hydrogen) atoms. The van der Waals surface area contributed by atoms with Crippen LogP contribution in [-0.4, -0.2) is 29.4 Å². The lowest BCUT2D eigenvalue weighted by Gasteiger charge is -2.40. The van der Waals surface area contributed by atoms with E-state index in [2.05, 4.69) is 22.4 Å². The molecule has 4 nitrogen and oxygen atoms in total. The lowest BCUT2D eigenvalue weighted by atomic mass is 9.79. The van der Waals surface area contributed by atoms with Crippen LogP contribution in [0.4, 0.5) is 0 Å². The summed E-state index contributed by atoms with van der Waals surface area (Å²) < 4.78 is 0. The molecule has 2 aliphatic rings. The first kappa shape index (κ1) is 19.2. The number of nitrogens with one attached hydrogen (secondary N) is 1. The van der Waals surface area contributed by atoms with E-state index in [9.17, 15) is 10.1 Å². The minimum atomic E-state index is -0.0753. The van der Waals surface area contributed by atoms with Crippen molar-refractivity contribution in [2.75, 3.05) is 13.1 Å². The molecule has 0 bridgehead atoms. The molecule has 4 rings (SSSR count). The molecule has 0 unspecified atom stereocenters. The van der Waals surface area contributed by atoms with E-state index in [1.807, 2.05) is 29.6 Å². The molecule has 0 atom stereocenters. The standard InChI is InChI=1S/C23H27N3OS/c24-16-18-6-7-19-8-12-26(17-20(19)15-18)13-11-23(9-2-1-3-10-23)25-22(27)21-5-4-14-28-21/h4-7,14-15H,1-3,8-13,17H2,(H,25,27). The zero-order valence-corrected chi connectivity index (χ0v) is 17.1. The van der Waals surface area contributed by atoms with Gasteiger partial charge in [0.15, 0.2) is 0 Å². The number of amides is 1. The van der Waals surface area contributed by atoms with Crippen LogP contribution in [0.5, 0.6) is 0 Å². The van der Waals surface area contributed by atoms with Crippen molar-refractivity contribution in [2.45, 2.75) is 57.0 Å². The van der Waals surface area contributed by atoms with Gasteiger partial charge in [-0.1, -0.05) is 31.4 Å². The molecule has 1 aliphatic carbocycles. The molecule has 146 valence electrons. The van der Waals surface area contributed by atoms with Crippen molar-refractivity contribution in [3.05, 3.63) is 57.3 Å². The average molecular weight is 394 g/mol. The minimum Gasteiger partial charge on any atom is -0.346 e. The van der Waals surface area contributed by atoms with Gasteiger partial charge in [0.1, 0.15) is 0 Å². The second-order valence-corrected chi connectivity index (χ2v) is 9.09. The molecule has 1 saturated carbocycles. The topological polar surface area (TPSA) is 56.1 Å². The molecule has 0 spiro atoms. The van der Waals surface area contributed by atoms with Crippen molar-refractivity contribution in [1.82, 2.24) is 10.2 Å². The van der Waals surface area contributed by atoms with Crippen LogP contribution in [-0.2, 0) is 13.0 Å². The first-order valence-corrected chi connectivity index (χ1v) is 11.2. The lowest BCUT2D eigenvalue weighted by Crippen LogP contribution is -2.51. The minimum absolute atomic E-state index is 0.0753. The van der Waals surface area contributed by atoms with Crippen LogP contribution in [0.1, 0.15) is 64.9 Å². The average Bonchev–Trinajstić information content (AvgIpc) is 3.27. The van der Waals surface area contributed by atoms with E-state index >= 15 is 0 Å². The molecule has 1 N–H and O–H groups in total. The van der Waals surface area contributed by atoms with E-state index in [-0.39, 0.29) is 11.4 Å². The van der Waals surface area contributed by atoms with Gasteiger partial charge in [-0.2, -0.15) is 5.26 Å². The van der Waals surface area contributed by atoms with Crippen LogP contribution in [0.15, 0.2) is 35.7 Å². The number of rotatable bonds is 5. The highest BCUT2D eigenvalue weighted by atomic mass is 32.1. The molecule has 5 heteroatoms. The fourth-order valence-electron chi connectivity index (χ4n) is 4.62. The molecular weight excluding hydrogens is 366 g/mol. The molecule has 2 heterocycles. The van der Waals surface area contributed by atoms with Gasteiger partial charge in [0.2, 0.25) is 0 Å². The fraction of sp³-hybridized carbons (Fsp3) is 0.478. The van der Waals surface area contributed by atoms with Gasteiger partial charge in [-0.3, -0.25) is 9.69 Å². The number of hydrogen-bond donors (Lipinski definition) is 1. The van der Waals surface area contributed by atoms with E-state index < -0.39 is 0 Å². The zero-order valence-electron chi connectivity index (χ0n) is 16.2. The summed E-state index contributed by atoms with van der Waals surface area (Å²) in [7, 11) is 0. The molecule has 0 saturated heterocycles. The first-order valence-electron chi connectivity index (χ1n) is 10.3. The highest BCUT2D eigenvalue weighted by Crippen LogP contribution is 2.32. The molecule has 0 radical (unpaired) electrons. The van der Waals surface area contributed by atoms with Crippen LogP contribution >= 0.6 is 11.3 Å². The van der Waals surface area contributed by atoms with E-state index in [0.29, 0.717) is 0 Å². The maximum Gasteiger partial charge on any atom is 0.261 e. The zero-order chi connectivity index (χ0) is 19.4. The normalized spacial score (nSPS) is 18.8. The van der Waals surface area contributed by atoms with Crippen molar-refractivity contribution in [3.63, 3.8) is 0 Å². The van der Waals surface area contributed by atoms with Gasteiger partial charge in [0.05, 0.1) is 16.5 Å². The van der Waals surface area contributed by atoms with Gasteiger partial charge in [-0.05, 0) is 60.4 Å². The van der Waals surface area contributed by atoms with Crippen molar-refractivity contribution < 1.29 is 4.79 Å². The van der Waals surface area contributed by atoms with Gasteiger partial charge in [-0.15, -0.1) is 11.3 Å². The van der Waals surface area contributed by atoms with Gasteiger partial charge in [0.25, 0.3) is 5.91 Å². The smallest absolute Gasteiger partial charge is 0.261 e. The second kappa shape index (κ2) is 8.46. The molecule has 1 amide bonds. The highest BCUT2D eigenvalue weighted by molar-refractivity contribution is 7.12. The Balaban J connectivity index is 1.42. The Morgan fingerprint density at radius 2 is 2.07 bits per heavy atom. The van der Waals surface area contributed by atoms with Gasteiger partial charge < -0.3 is 5.32 Å². The lowest BCUT2D eigenvalue weighted by molar-refractivity contribution is 0.0844. The summed E-state index contributed by atoms with van der Waals surface area (Å²) in [6, 6.07) is 12.2. The maximum absolute atomic E-state index is 12.7. The largest absolute Gasteiger partial charge is 0.346 e. The summed E-state index contributed by atoms with van der Waals surface area (Å²) >= 11 is 1.51. The number of fused-ring (bicyclic) bond motifs is 1. The summed E-state index contributed by atoms with van der Waals surface area (Å²) in [5.74, 6) is 0.0829. The summed E-state index contributed by atoms with van der Waals surface area (Å²) in [4.78, 5) is 16.0. The van der Waals surface area contributed by atoms with E-state index in [1.165, 1.54) is 41.7 Å². The number of carbonyl (C=O) groups excluding carboxylic acids is 1. The van der Waals surface area contributed by atoms with E-state index in [0.717, 1.165) is 55.8 Å². The summed E-state index contributed by atoms with van der Waals surface area (Å²) in [5, 5.41) is 14.5. The van der Waals surface area contributed by atoms with Crippen molar-refractivity contribution in [3.8, 4) is 6.07 Å². The molecule has 2 aromatic rings. The first-order chi connectivity index (χ1) is 13.7. The van der Waals surface area contributed by atoms with Gasteiger partial charge in [0, 0.05) is 25.2 Å². The third-order valence-corrected chi connectivity index (χ3v) is 7.14. The summed E-state index contributed by atoms with van der Waals surface area (Å²) in [6.07, 6.45) is 7.84. The number of carbonyl (C=O) groups is 1. The Hall–Kier alpha value is -2.16. The second-order valence-electron chi connectivity index (χ2n) is 8.14. The van der Waals surface area contributed by atoms with E-state index in [1.54, 1.807) is 0 Å². The van der Waals surface area contributed by atoms with Crippen molar-refractivity contribution in [2.24, 2.45) is 0 Å². The molecule has 1 aliphatic heterocycles. The highest BCUT2D eigenvalue weighted by Gasteiger charge is 2.34. The van der Waals surface area contributed by atoms with Crippen LogP contribution in [0.25, 0.3) is 0 Å². The van der Waals surface area contributed by atoms with Crippen LogP contribution in [0.2, 0.25) is 0 Å². The maximum atomic E-state index is 12.7. The molecular formula is C23H27N3OS. The number of nitriles is 1. The quantitative estimate of drug-likeness (QED) is 0.814. The predicted octanol–water partition coefficient (Wildman–Crippen LogP) is 4.50. The third-order valence-electron chi connectivity index (χ3n) is 6.27. The van der Waals surface area contributed by atoms with E-state index in [4.69, 9.17) is 0 Å². The Morgan fingerprint density at radius 3 is 2.82 bits per heavy atom. The number of benzene rings is 1. The monoisotopic (exact) mass is 393 g/mol. The summed E-state index contributed by atoms with van der Waals surface area (Å²) in [6.45, 7) is 2.94. The van der Waals surface area contributed by atoms with Gasteiger partial charge >= 0.3 is 0 Å². The van der Waals surface area contributed by atoms with Gasteiger partial charge in [-0.25, -0.2) is 0 Å². The number of nitrogens with zero attached hydrogens (tertiary/aromatic N) is 2. The molecule has 1 fully saturated rings. The third kappa shape index (κ3) is 4.29. The number of hydrogen-bond acceptors (Lipinski definition) is 4. The van der Waals surface area contributed by atoms with Crippen LogP contribution in [0, 0.1) is 11.3 Å². The van der Waals surface area contributed by atoms with Crippen molar-refractivity contribution >= 4 is 17.2 Å². The Labute approximate surface area is 171 Å². The SMILES string of the molecule is N#Cc1ccc2c(c1)CN(CCC1(NC(=O)c3cccs3)CCCCC1)CC2. The Kier molecular flexibility index (Phi) is 5.79. The van der Waals surface area contributed by atoms with Crippen LogP contribution < -0.4 is 5.32 Å². The summed E-state index contributed by atoms with van der Waals surface area (Å²) in [5.41, 5.74) is 3.32. The number of thiophene rings is 1. The Bertz CT molecular complexity index is 862. The fourth-order valence-corrected chi connectivity index (χ4v) is 5.24. The molecule has 1 aromatic heterocycles. The Morgan fingerprint density at radius 1 is 1.21 bits per heavy atom.